The summed E-state index contributed by atoms with van der Waals surface area (Å²) in [5.41, 5.74) is 0. The molecule has 0 radical (unpaired) electrons. The fourth-order valence-electron chi connectivity index (χ4n) is 0.0833. The first-order valence-electron chi connectivity index (χ1n) is 2.84. The summed E-state index contributed by atoms with van der Waals surface area (Å²) in [6, 6.07) is 0. The molecule has 8 heteroatoms. The molecule has 0 aromatic rings. The van der Waals surface area contributed by atoms with Crippen LogP contribution in [0, 0.1) is 0 Å². The molecule has 0 bridgehead atoms. The van der Waals surface area contributed by atoms with E-state index < -0.39 is 8.25 Å². The Morgan fingerprint density at radius 3 is 1.15 bits per heavy atom. The van der Waals surface area contributed by atoms with Crippen LogP contribution >= 0.6 is 8.25 Å². The van der Waals surface area contributed by atoms with Gasteiger partial charge < -0.3 is 25.5 Å². The molecule has 13 heavy (non-hydrogen) atoms. The predicted octanol–water partition coefficient (Wildman–Crippen LogP) is 1.17. The van der Waals surface area contributed by atoms with Gasteiger partial charge in [-0.25, -0.2) is 0 Å². The third kappa shape index (κ3) is 67.3. The fraction of sp³-hybridized carbons (Fsp3) is 1.00. The van der Waals surface area contributed by atoms with Gasteiger partial charge in [-0.2, -0.15) is 0 Å². The van der Waals surface area contributed by atoms with E-state index >= 15 is 0 Å². The first kappa shape index (κ1) is 37.4. The molecule has 6 nitrogen and oxygen atoms in total. The normalized spacial score (nSPS) is 5.92. The average molecular weight is 232 g/mol. The summed E-state index contributed by atoms with van der Waals surface area (Å²) in [6.45, 7) is 4.25. The Bertz CT molecular complexity index is 68.0. The van der Waals surface area contributed by atoms with Gasteiger partial charge in [0.25, 0.3) is 0 Å². The molecular formula is C5H18AlO6P. The van der Waals surface area contributed by atoms with Gasteiger partial charge in [-0.1, -0.05) is 20.3 Å². The van der Waals surface area contributed by atoms with Gasteiger partial charge in [0.15, 0.2) is 0 Å². The van der Waals surface area contributed by atoms with Crippen LogP contribution in [0.15, 0.2) is 0 Å². The van der Waals surface area contributed by atoms with Crippen LogP contribution in [0.3, 0.4) is 0 Å². The molecule has 0 saturated carbocycles. The van der Waals surface area contributed by atoms with Gasteiger partial charge in [0.1, 0.15) is 0 Å². The zero-order valence-electron chi connectivity index (χ0n) is 8.35. The van der Waals surface area contributed by atoms with Crippen molar-refractivity contribution in [3.05, 3.63) is 0 Å². The second kappa shape index (κ2) is 39.0. The van der Waals surface area contributed by atoms with Crippen LogP contribution < -0.4 is 0 Å². The van der Waals surface area contributed by atoms with Crippen LogP contribution in [0.4, 0.5) is 0 Å². The fourth-order valence-corrected chi connectivity index (χ4v) is 0.250. The quantitative estimate of drug-likeness (QED) is 0.519. The summed E-state index contributed by atoms with van der Waals surface area (Å²) in [5, 5.41) is 0. The van der Waals surface area contributed by atoms with Gasteiger partial charge in [0, 0.05) is 14.2 Å². The number of rotatable bonds is 2. The molecule has 0 atom stereocenters. The molecule has 0 aliphatic heterocycles. The summed E-state index contributed by atoms with van der Waals surface area (Å²) in [7, 11) is 0.558. The molecule has 0 amide bonds. The molecular weight excluding hydrogens is 214 g/mol. The monoisotopic (exact) mass is 232 g/mol. The van der Waals surface area contributed by atoms with E-state index in [2.05, 4.69) is 22.9 Å². The third-order valence-electron chi connectivity index (χ3n) is 0.333. The Kier molecular flexibility index (Phi) is 112. The molecule has 0 unspecified atom stereocenters. The topological polar surface area (TPSA) is 126 Å². The number of hydrogen-bond donors (Lipinski definition) is 0. The van der Waals surface area contributed by atoms with Crippen molar-refractivity contribution in [2.24, 2.45) is 0 Å². The van der Waals surface area contributed by atoms with Crippen LogP contribution in [-0.2, 0) is 13.6 Å². The maximum Gasteiger partial charge on any atom is 3.00 e. The Morgan fingerprint density at radius 1 is 1.00 bits per heavy atom. The van der Waals surface area contributed by atoms with E-state index in [0.29, 0.717) is 0 Å². The van der Waals surface area contributed by atoms with Crippen LogP contribution in [0.2, 0.25) is 0 Å². The standard InChI is InChI=1S/C3H8.C2H7O3P.Al.3H2O/c1-3-2;1-4-6(3)5-2;;;;/h3H2,1-2H3;6H,1-2H3;;3*1H2/q;;+3;;;/p-3. The zero-order valence-corrected chi connectivity index (χ0v) is 10.5. The van der Waals surface area contributed by atoms with E-state index in [1.807, 2.05) is 0 Å². The van der Waals surface area contributed by atoms with E-state index in [1.165, 1.54) is 20.6 Å². The van der Waals surface area contributed by atoms with Gasteiger partial charge >= 0.3 is 25.6 Å². The molecule has 0 heterocycles. The second-order valence-electron chi connectivity index (χ2n) is 1.37. The largest absolute Gasteiger partial charge is 3.00 e. The zero-order chi connectivity index (χ0) is 7.70. The number of hydrogen-bond acceptors (Lipinski definition) is 6. The van der Waals surface area contributed by atoms with E-state index in [4.69, 9.17) is 0 Å². The molecule has 0 aliphatic rings. The van der Waals surface area contributed by atoms with Crippen molar-refractivity contribution < 1.29 is 30.0 Å². The Balaban J connectivity index is -0.0000000160. The maximum atomic E-state index is 9.92. The maximum absolute atomic E-state index is 9.92. The summed E-state index contributed by atoms with van der Waals surface area (Å²) >= 11 is 0. The van der Waals surface area contributed by atoms with Crippen LogP contribution in [0.5, 0.6) is 0 Å². The SMILES string of the molecule is CCC.CO[PH](=O)OC.[Al+3].[OH-].[OH-].[OH-]. The molecule has 0 aromatic carbocycles. The van der Waals surface area contributed by atoms with E-state index in [0.717, 1.165) is 0 Å². The van der Waals surface area contributed by atoms with E-state index in [-0.39, 0.29) is 33.8 Å². The van der Waals surface area contributed by atoms with Gasteiger partial charge in [-0.3, -0.25) is 4.57 Å². The van der Waals surface area contributed by atoms with Crippen LogP contribution in [-0.4, -0.2) is 48.0 Å². The molecule has 0 rings (SSSR count). The minimum Gasteiger partial charge on any atom is -0.870 e. The van der Waals surface area contributed by atoms with Gasteiger partial charge in [-0.05, 0) is 0 Å². The minimum absolute atomic E-state index is 0. The van der Waals surface area contributed by atoms with Crippen LogP contribution in [0.25, 0.3) is 0 Å². The van der Waals surface area contributed by atoms with Crippen molar-refractivity contribution in [3.8, 4) is 0 Å². The van der Waals surface area contributed by atoms with Gasteiger partial charge in [-0.15, -0.1) is 0 Å². The van der Waals surface area contributed by atoms with Crippen molar-refractivity contribution in [3.63, 3.8) is 0 Å². The Labute approximate surface area is 90.6 Å². The van der Waals surface area contributed by atoms with E-state index in [1.54, 1.807) is 0 Å². The summed E-state index contributed by atoms with van der Waals surface area (Å²) < 4.78 is 18.4. The first-order valence-corrected chi connectivity index (χ1v) is 4.07. The van der Waals surface area contributed by atoms with Gasteiger partial charge in [0.2, 0.25) is 0 Å². The third-order valence-corrected chi connectivity index (χ3v) is 1.00. The summed E-state index contributed by atoms with van der Waals surface area (Å²) in [5.74, 6) is 0. The summed E-state index contributed by atoms with van der Waals surface area (Å²) in [6.07, 6.45) is 1.25. The van der Waals surface area contributed by atoms with Crippen molar-refractivity contribution in [2.75, 3.05) is 14.2 Å². The molecule has 3 N–H and O–H groups in total. The molecule has 0 saturated heterocycles. The molecule has 0 aliphatic carbocycles. The minimum atomic E-state index is -2.12. The Morgan fingerprint density at radius 2 is 1.15 bits per heavy atom. The van der Waals surface area contributed by atoms with Crippen molar-refractivity contribution in [1.29, 1.82) is 0 Å². The molecule has 0 aromatic heterocycles. The average Bonchev–Trinajstić information content (AvgIpc) is 1.88. The molecule has 82 valence electrons. The second-order valence-corrected chi connectivity index (χ2v) is 2.68. The summed E-state index contributed by atoms with van der Waals surface area (Å²) in [4.78, 5) is 0. The predicted molar refractivity (Wildman–Crippen MR) is 50.5 cm³/mol. The van der Waals surface area contributed by atoms with Crippen molar-refractivity contribution in [2.45, 2.75) is 20.3 Å². The molecule has 0 spiro atoms. The molecule has 0 fully saturated rings. The Hall–Kier alpha value is 0.562. The van der Waals surface area contributed by atoms with Gasteiger partial charge in [0.05, 0.1) is 0 Å². The van der Waals surface area contributed by atoms with E-state index in [9.17, 15) is 4.57 Å². The van der Waals surface area contributed by atoms with Crippen molar-refractivity contribution >= 4 is 25.6 Å². The first-order chi connectivity index (χ1) is 4.22. The smallest absolute Gasteiger partial charge is 0.870 e. The van der Waals surface area contributed by atoms with Crippen LogP contribution in [0.1, 0.15) is 20.3 Å². The van der Waals surface area contributed by atoms with Crippen molar-refractivity contribution in [1.82, 2.24) is 0 Å².